The molecule has 38 heavy (non-hydrogen) atoms. The number of para-hydroxylation sites is 4. The highest BCUT2D eigenvalue weighted by atomic mass is 15.0. The van der Waals surface area contributed by atoms with Crippen LogP contribution in [0.1, 0.15) is 0 Å². The third-order valence-corrected chi connectivity index (χ3v) is 7.69. The van der Waals surface area contributed by atoms with Gasteiger partial charge in [0.1, 0.15) is 0 Å². The van der Waals surface area contributed by atoms with Gasteiger partial charge in [-0.15, -0.1) is 0 Å². The fraction of sp³-hybridized carbons (Fsp3) is 0. The lowest BCUT2D eigenvalue weighted by molar-refractivity contribution is 1.13. The maximum Gasteiger partial charge on any atom is 0.0541 e. The minimum atomic E-state index is 1.15. The van der Waals surface area contributed by atoms with Crippen molar-refractivity contribution < 1.29 is 0 Å². The third kappa shape index (κ3) is 3.07. The van der Waals surface area contributed by atoms with Crippen molar-refractivity contribution in [3.8, 4) is 22.5 Å². The Morgan fingerprint density at radius 1 is 0.289 bits per heavy atom. The van der Waals surface area contributed by atoms with Gasteiger partial charge in [0.2, 0.25) is 0 Å². The van der Waals surface area contributed by atoms with Gasteiger partial charge in [0, 0.05) is 32.9 Å². The van der Waals surface area contributed by atoms with Gasteiger partial charge in [-0.2, -0.15) is 0 Å². The van der Waals surface area contributed by atoms with Gasteiger partial charge in [0.05, 0.1) is 22.1 Å². The molecule has 0 bridgehead atoms. The van der Waals surface area contributed by atoms with Gasteiger partial charge in [-0.25, -0.2) is 0 Å². The highest BCUT2D eigenvalue weighted by Crippen LogP contribution is 2.37. The summed E-state index contributed by atoms with van der Waals surface area (Å²) < 4.78 is 4.82. The van der Waals surface area contributed by atoms with Gasteiger partial charge in [-0.05, 0) is 53.6 Å². The molecule has 2 heteroatoms. The molecule has 0 aliphatic rings. The van der Waals surface area contributed by atoms with Crippen LogP contribution in [-0.4, -0.2) is 9.13 Å². The molecule has 178 valence electrons. The first-order chi connectivity index (χ1) is 18.9. The fourth-order valence-corrected chi connectivity index (χ4v) is 6.05. The third-order valence-electron chi connectivity index (χ3n) is 7.69. The normalized spacial score (nSPS) is 11.7. The van der Waals surface area contributed by atoms with Crippen molar-refractivity contribution >= 4 is 43.6 Å². The van der Waals surface area contributed by atoms with Crippen molar-refractivity contribution in [2.24, 2.45) is 0 Å². The molecule has 0 N–H and O–H groups in total. The molecule has 2 aromatic heterocycles. The summed E-state index contributed by atoms with van der Waals surface area (Å²) in [6, 6.07) is 52.5. The second-order valence-corrected chi connectivity index (χ2v) is 9.84. The molecule has 0 saturated carbocycles. The number of nitrogens with zero attached hydrogens (tertiary/aromatic N) is 2. The van der Waals surface area contributed by atoms with Crippen molar-refractivity contribution in [2.45, 2.75) is 0 Å². The standard InChI is InChI=1S/C36H24N2/c1-2-12-25(13-3-1)26-22-27(37-33-18-8-4-14-29(33)30-15-5-9-19-34(30)37)24-28(23-26)38-35-20-10-6-16-31(35)32-17-7-11-21-36(32)38/h1-24H. The minimum Gasteiger partial charge on any atom is -0.309 e. The molecule has 0 atom stereocenters. The smallest absolute Gasteiger partial charge is 0.0541 e. The lowest BCUT2D eigenvalue weighted by Crippen LogP contribution is -2.00. The van der Waals surface area contributed by atoms with Crippen LogP contribution in [0.2, 0.25) is 0 Å². The van der Waals surface area contributed by atoms with Crippen LogP contribution in [0.15, 0.2) is 146 Å². The van der Waals surface area contributed by atoms with E-state index >= 15 is 0 Å². The Kier molecular flexibility index (Phi) is 4.55. The molecule has 8 rings (SSSR count). The van der Waals surface area contributed by atoms with E-state index in [9.17, 15) is 0 Å². The highest BCUT2D eigenvalue weighted by Gasteiger charge is 2.16. The Morgan fingerprint density at radius 3 is 1.03 bits per heavy atom. The van der Waals surface area contributed by atoms with Crippen LogP contribution in [-0.2, 0) is 0 Å². The monoisotopic (exact) mass is 484 g/mol. The quantitative estimate of drug-likeness (QED) is 0.236. The summed E-state index contributed by atoms with van der Waals surface area (Å²) in [6.45, 7) is 0. The second-order valence-electron chi connectivity index (χ2n) is 9.84. The maximum atomic E-state index is 2.41. The maximum absolute atomic E-state index is 2.41. The van der Waals surface area contributed by atoms with E-state index in [1.165, 1.54) is 54.7 Å². The van der Waals surface area contributed by atoms with Gasteiger partial charge in [0.25, 0.3) is 0 Å². The molecular weight excluding hydrogens is 460 g/mol. The summed E-state index contributed by atoms with van der Waals surface area (Å²) in [5.41, 5.74) is 9.57. The lowest BCUT2D eigenvalue weighted by Gasteiger charge is -2.16. The first kappa shape index (κ1) is 21.0. The summed E-state index contributed by atoms with van der Waals surface area (Å²) in [5, 5.41) is 5.08. The van der Waals surface area contributed by atoms with E-state index in [0.29, 0.717) is 0 Å². The zero-order valence-electron chi connectivity index (χ0n) is 20.8. The van der Waals surface area contributed by atoms with Gasteiger partial charge >= 0.3 is 0 Å². The first-order valence-electron chi connectivity index (χ1n) is 13.0. The summed E-state index contributed by atoms with van der Waals surface area (Å²) >= 11 is 0. The van der Waals surface area contributed by atoms with Gasteiger partial charge < -0.3 is 9.13 Å². The van der Waals surface area contributed by atoms with Gasteiger partial charge in [0.15, 0.2) is 0 Å². The van der Waals surface area contributed by atoms with Crippen LogP contribution < -0.4 is 0 Å². The molecule has 6 aromatic carbocycles. The average Bonchev–Trinajstić information content (AvgIpc) is 3.51. The van der Waals surface area contributed by atoms with Crippen molar-refractivity contribution in [1.29, 1.82) is 0 Å². The second kappa shape index (κ2) is 8.22. The Bertz CT molecular complexity index is 1890. The molecule has 0 aliphatic carbocycles. The van der Waals surface area contributed by atoms with Crippen LogP contribution in [0.3, 0.4) is 0 Å². The number of aromatic nitrogens is 2. The molecule has 2 heterocycles. The Morgan fingerprint density at radius 2 is 0.632 bits per heavy atom. The van der Waals surface area contributed by atoms with Crippen LogP contribution in [0.5, 0.6) is 0 Å². The van der Waals surface area contributed by atoms with E-state index < -0.39 is 0 Å². The summed E-state index contributed by atoms with van der Waals surface area (Å²) in [4.78, 5) is 0. The van der Waals surface area contributed by atoms with Crippen LogP contribution in [0.4, 0.5) is 0 Å². The summed E-state index contributed by atoms with van der Waals surface area (Å²) in [7, 11) is 0. The molecule has 0 saturated heterocycles. The molecular formula is C36H24N2. The SMILES string of the molecule is c1ccc(-c2cc(-n3c4ccccc4c4ccccc43)cc(-n3c4ccccc4c4ccccc43)c2)cc1. The number of benzene rings is 6. The first-order valence-corrected chi connectivity index (χ1v) is 13.0. The van der Waals surface area contributed by atoms with E-state index in [4.69, 9.17) is 0 Å². The molecule has 0 fully saturated rings. The topological polar surface area (TPSA) is 9.86 Å². The van der Waals surface area contributed by atoms with E-state index in [1.807, 2.05) is 0 Å². The highest BCUT2D eigenvalue weighted by molar-refractivity contribution is 6.10. The number of fused-ring (bicyclic) bond motifs is 6. The molecule has 8 aromatic rings. The van der Waals surface area contributed by atoms with Crippen LogP contribution >= 0.6 is 0 Å². The average molecular weight is 485 g/mol. The zero-order valence-corrected chi connectivity index (χ0v) is 20.8. The molecule has 0 aliphatic heterocycles. The number of hydrogen-bond donors (Lipinski definition) is 0. The summed E-state index contributed by atoms with van der Waals surface area (Å²) in [5.74, 6) is 0. The Balaban J connectivity index is 1.51. The Hall–Kier alpha value is -5.08. The molecule has 0 radical (unpaired) electrons. The fourth-order valence-electron chi connectivity index (χ4n) is 6.05. The van der Waals surface area contributed by atoms with Crippen molar-refractivity contribution in [3.05, 3.63) is 146 Å². The van der Waals surface area contributed by atoms with Crippen LogP contribution in [0.25, 0.3) is 66.1 Å². The molecule has 0 amide bonds. The molecule has 0 spiro atoms. The predicted molar refractivity (Wildman–Crippen MR) is 161 cm³/mol. The van der Waals surface area contributed by atoms with E-state index in [1.54, 1.807) is 0 Å². The molecule has 2 nitrogen and oxygen atoms in total. The van der Waals surface area contributed by atoms with Crippen molar-refractivity contribution in [3.63, 3.8) is 0 Å². The number of hydrogen-bond acceptors (Lipinski definition) is 0. The predicted octanol–water partition coefficient (Wildman–Crippen LogP) is 9.55. The largest absolute Gasteiger partial charge is 0.309 e. The van der Waals surface area contributed by atoms with Crippen molar-refractivity contribution in [1.82, 2.24) is 9.13 Å². The van der Waals surface area contributed by atoms with Gasteiger partial charge in [-0.1, -0.05) is 103 Å². The Labute approximate surface area is 220 Å². The van der Waals surface area contributed by atoms with Crippen molar-refractivity contribution in [2.75, 3.05) is 0 Å². The van der Waals surface area contributed by atoms with Crippen LogP contribution in [0, 0.1) is 0 Å². The van der Waals surface area contributed by atoms with E-state index in [0.717, 1.165) is 11.4 Å². The minimum absolute atomic E-state index is 1.15. The van der Waals surface area contributed by atoms with E-state index in [-0.39, 0.29) is 0 Å². The lowest BCUT2D eigenvalue weighted by atomic mass is 10.0. The van der Waals surface area contributed by atoms with E-state index in [2.05, 4.69) is 155 Å². The number of rotatable bonds is 3. The summed E-state index contributed by atoms with van der Waals surface area (Å²) in [6.07, 6.45) is 0. The molecule has 0 unspecified atom stereocenters. The van der Waals surface area contributed by atoms with Gasteiger partial charge in [-0.3, -0.25) is 0 Å². The zero-order chi connectivity index (χ0) is 25.1.